The standard InChI is InChI=1S/C19H19ClN2O2.ClH/c20-13-3-1-12(2-4-13)9-18-16-6-5-15(10-17(16)19(23)24-18)22-8-7-14(21)11-22;/h1-6,10,14,18H,7-9,11,21H2;1H/t14-,18?;/m1./s1. The normalized spacial score (nSPS) is 21.7. The molecule has 1 unspecified atom stereocenters. The van der Waals surface area contributed by atoms with Crippen LogP contribution < -0.4 is 10.6 Å². The molecular weight excluding hydrogens is 359 g/mol. The summed E-state index contributed by atoms with van der Waals surface area (Å²) >= 11 is 5.92. The minimum Gasteiger partial charge on any atom is -0.454 e. The monoisotopic (exact) mass is 378 g/mol. The number of esters is 1. The SMILES string of the molecule is Cl.N[C@@H]1CCN(c2ccc3c(c2)C(=O)OC3Cc2ccc(Cl)cc2)C1. The number of benzene rings is 2. The van der Waals surface area contributed by atoms with E-state index in [9.17, 15) is 4.79 Å². The number of hydrogen-bond acceptors (Lipinski definition) is 4. The van der Waals surface area contributed by atoms with Crippen LogP contribution in [0, 0.1) is 0 Å². The molecule has 25 heavy (non-hydrogen) atoms. The van der Waals surface area contributed by atoms with E-state index in [1.165, 1.54) is 0 Å². The third-order valence-corrected chi connectivity index (χ3v) is 5.03. The van der Waals surface area contributed by atoms with Crippen molar-refractivity contribution in [2.75, 3.05) is 18.0 Å². The maximum absolute atomic E-state index is 12.3. The summed E-state index contributed by atoms with van der Waals surface area (Å²) in [5.74, 6) is -0.241. The number of carbonyl (C=O) groups is 1. The van der Waals surface area contributed by atoms with Crippen LogP contribution in [0.25, 0.3) is 0 Å². The largest absolute Gasteiger partial charge is 0.454 e. The number of halogens is 2. The Morgan fingerprint density at radius 2 is 1.96 bits per heavy atom. The highest BCUT2D eigenvalue weighted by Gasteiger charge is 2.32. The number of carbonyl (C=O) groups excluding carboxylic acids is 1. The Bertz CT molecular complexity index is 779. The third kappa shape index (κ3) is 3.61. The Labute approximate surface area is 158 Å². The van der Waals surface area contributed by atoms with E-state index in [0.717, 1.165) is 36.3 Å². The Morgan fingerprint density at radius 1 is 1.20 bits per heavy atom. The predicted molar refractivity (Wildman–Crippen MR) is 102 cm³/mol. The van der Waals surface area contributed by atoms with Crippen molar-refractivity contribution in [3.8, 4) is 0 Å². The quantitative estimate of drug-likeness (QED) is 0.826. The molecule has 2 aliphatic heterocycles. The van der Waals surface area contributed by atoms with Crippen molar-refractivity contribution >= 4 is 35.7 Å². The molecule has 4 nitrogen and oxygen atoms in total. The highest BCUT2D eigenvalue weighted by atomic mass is 35.5. The zero-order valence-corrected chi connectivity index (χ0v) is 15.2. The van der Waals surface area contributed by atoms with Gasteiger partial charge in [-0.2, -0.15) is 0 Å². The Kier molecular flexibility index (Phi) is 5.23. The zero-order valence-electron chi connectivity index (χ0n) is 13.7. The third-order valence-electron chi connectivity index (χ3n) is 4.78. The van der Waals surface area contributed by atoms with E-state index in [-0.39, 0.29) is 30.5 Å². The summed E-state index contributed by atoms with van der Waals surface area (Å²) in [5, 5.41) is 0.705. The van der Waals surface area contributed by atoms with Gasteiger partial charge in [-0.3, -0.25) is 0 Å². The molecule has 0 aliphatic carbocycles. The van der Waals surface area contributed by atoms with E-state index in [1.54, 1.807) is 0 Å². The first kappa shape index (κ1) is 18.1. The summed E-state index contributed by atoms with van der Waals surface area (Å²) in [4.78, 5) is 14.5. The van der Waals surface area contributed by atoms with Crippen LogP contribution in [0.15, 0.2) is 42.5 Å². The van der Waals surface area contributed by atoms with Crippen LogP contribution in [-0.2, 0) is 11.2 Å². The Hall–Kier alpha value is -1.75. The lowest BCUT2D eigenvalue weighted by molar-refractivity contribution is 0.0387. The van der Waals surface area contributed by atoms with E-state index in [0.29, 0.717) is 17.0 Å². The number of fused-ring (bicyclic) bond motifs is 1. The number of anilines is 1. The molecule has 2 N–H and O–H groups in total. The number of nitrogens with two attached hydrogens (primary N) is 1. The maximum Gasteiger partial charge on any atom is 0.339 e. The van der Waals surface area contributed by atoms with Gasteiger partial charge in [-0.15, -0.1) is 12.4 Å². The number of cyclic esters (lactones) is 1. The van der Waals surface area contributed by atoms with Gasteiger partial charge >= 0.3 is 5.97 Å². The maximum atomic E-state index is 12.3. The molecule has 2 atom stereocenters. The minimum atomic E-state index is -0.241. The lowest BCUT2D eigenvalue weighted by Gasteiger charge is -2.18. The molecule has 0 bridgehead atoms. The van der Waals surface area contributed by atoms with Gasteiger partial charge in [0.05, 0.1) is 5.56 Å². The van der Waals surface area contributed by atoms with Gasteiger partial charge < -0.3 is 15.4 Å². The zero-order chi connectivity index (χ0) is 16.7. The van der Waals surface area contributed by atoms with Gasteiger partial charge in [-0.1, -0.05) is 29.8 Å². The van der Waals surface area contributed by atoms with E-state index in [4.69, 9.17) is 22.1 Å². The highest BCUT2D eigenvalue weighted by Crippen LogP contribution is 2.36. The van der Waals surface area contributed by atoms with Crippen molar-refractivity contribution in [3.05, 3.63) is 64.2 Å². The van der Waals surface area contributed by atoms with Crippen molar-refractivity contribution in [1.82, 2.24) is 0 Å². The van der Waals surface area contributed by atoms with Crippen molar-refractivity contribution in [1.29, 1.82) is 0 Å². The minimum absolute atomic E-state index is 0. The fourth-order valence-corrected chi connectivity index (χ4v) is 3.59. The van der Waals surface area contributed by atoms with Crippen LogP contribution in [-0.4, -0.2) is 25.1 Å². The molecule has 0 amide bonds. The molecule has 4 rings (SSSR count). The summed E-state index contributed by atoms with van der Waals surface area (Å²) in [5.41, 5.74) is 9.76. The Morgan fingerprint density at radius 3 is 2.64 bits per heavy atom. The van der Waals surface area contributed by atoms with Crippen molar-refractivity contribution < 1.29 is 9.53 Å². The van der Waals surface area contributed by atoms with Crippen LogP contribution in [0.4, 0.5) is 5.69 Å². The molecule has 0 aromatic heterocycles. The van der Waals surface area contributed by atoms with Gasteiger partial charge in [0.25, 0.3) is 0 Å². The van der Waals surface area contributed by atoms with Gasteiger partial charge in [0, 0.05) is 41.8 Å². The van der Waals surface area contributed by atoms with E-state index >= 15 is 0 Å². The number of nitrogens with zero attached hydrogens (tertiary/aromatic N) is 1. The van der Waals surface area contributed by atoms with E-state index in [2.05, 4.69) is 11.0 Å². The van der Waals surface area contributed by atoms with E-state index in [1.807, 2.05) is 36.4 Å². The molecule has 1 fully saturated rings. The average Bonchev–Trinajstić information content (AvgIpc) is 3.14. The molecule has 2 aromatic carbocycles. The molecule has 1 saturated heterocycles. The summed E-state index contributed by atoms with van der Waals surface area (Å²) in [6.07, 6.45) is 1.41. The van der Waals surface area contributed by atoms with Crippen LogP contribution in [0.2, 0.25) is 5.02 Å². The second-order valence-corrected chi connectivity index (χ2v) is 6.93. The number of ether oxygens (including phenoxy) is 1. The molecule has 2 aliphatic rings. The second-order valence-electron chi connectivity index (χ2n) is 6.49. The molecule has 2 heterocycles. The molecular formula is C19H20Cl2N2O2. The van der Waals surface area contributed by atoms with Crippen molar-refractivity contribution in [3.63, 3.8) is 0 Å². The number of hydrogen-bond donors (Lipinski definition) is 1. The van der Waals surface area contributed by atoms with Gasteiger partial charge in [-0.05, 0) is 36.2 Å². The van der Waals surface area contributed by atoms with Crippen LogP contribution in [0.1, 0.15) is 34.0 Å². The molecule has 6 heteroatoms. The molecule has 0 spiro atoms. The average molecular weight is 379 g/mol. The van der Waals surface area contributed by atoms with Gasteiger partial charge in [0.15, 0.2) is 0 Å². The van der Waals surface area contributed by atoms with Crippen LogP contribution in [0.3, 0.4) is 0 Å². The first-order chi connectivity index (χ1) is 11.6. The van der Waals surface area contributed by atoms with Gasteiger partial charge in [0.2, 0.25) is 0 Å². The summed E-state index contributed by atoms with van der Waals surface area (Å²) in [7, 11) is 0. The highest BCUT2D eigenvalue weighted by molar-refractivity contribution is 6.30. The van der Waals surface area contributed by atoms with Crippen molar-refractivity contribution in [2.24, 2.45) is 5.73 Å². The fraction of sp³-hybridized carbons (Fsp3) is 0.316. The topological polar surface area (TPSA) is 55.6 Å². The lowest BCUT2D eigenvalue weighted by atomic mass is 9.99. The predicted octanol–water partition coefficient (Wildman–Crippen LogP) is 3.75. The van der Waals surface area contributed by atoms with Gasteiger partial charge in [0.1, 0.15) is 6.10 Å². The fourth-order valence-electron chi connectivity index (χ4n) is 3.46. The second kappa shape index (κ2) is 7.24. The van der Waals surface area contributed by atoms with Crippen LogP contribution >= 0.6 is 24.0 Å². The summed E-state index contributed by atoms with van der Waals surface area (Å²) in [6.45, 7) is 1.77. The van der Waals surface area contributed by atoms with E-state index < -0.39 is 0 Å². The summed E-state index contributed by atoms with van der Waals surface area (Å²) in [6, 6.07) is 13.9. The Balaban J connectivity index is 0.00000182. The molecule has 132 valence electrons. The number of rotatable bonds is 3. The van der Waals surface area contributed by atoms with Crippen molar-refractivity contribution in [2.45, 2.75) is 25.0 Å². The van der Waals surface area contributed by atoms with Gasteiger partial charge in [-0.25, -0.2) is 4.79 Å². The molecule has 0 saturated carbocycles. The summed E-state index contributed by atoms with van der Waals surface area (Å²) < 4.78 is 5.59. The molecule has 0 radical (unpaired) electrons. The van der Waals surface area contributed by atoms with Crippen LogP contribution in [0.5, 0.6) is 0 Å². The first-order valence-corrected chi connectivity index (χ1v) is 8.58. The molecule has 2 aromatic rings. The lowest BCUT2D eigenvalue weighted by Crippen LogP contribution is -2.26. The smallest absolute Gasteiger partial charge is 0.339 e. The first-order valence-electron chi connectivity index (χ1n) is 8.20.